The average molecular weight is 347 g/mol. The van der Waals surface area contributed by atoms with Gasteiger partial charge in [-0.2, -0.15) is 0 Å². The highest BCUT2D eigenvalue weighted by Gasteiger charge is 2.64. The van der Waals surface area contributed by atoms with Crippen molar-refractivity contribution in [3.63, 3.8) is 0 Å². The van der Waals surface area contributed by atoms with Gasteiger partial charge in [-0.15, -0.1) is 0 Å². The van der Waals surface area contributed by atoms with E-state index < -0.39 is 8.56 Å². The molecule has 0 saturated carbocycles. The summed E-state index contributed by atoms with van der Waals surface area (Å²) < 4.78 is 29.2. The fourth-order valence-corrected chi connectivity index (χ4v) is 8.92. The van der Waals surface area contributed by atoms with Gasteiger partial charge in [0.05, 0.1) is 13.2 Å². The predicted octanol–water partition coefficient (Wildman–Crippen LogP) is 2.91. The van der Waals surface area contributed by atoms with Crippen LogP contribution in [0.1, 0.15) is 39.5 Å². The van der Waals surface area contributed by atoms with Crippen LogP contribution in [0, 0.1) is 11.8 Å². The van der Waals surface area contributed by atoms with E-state index in [1.165, 1.54) is 6.42 Å². The van der Waals surface area contributed by atoms with E-state index in [0.717, 1.165) is 45.1 Å². The molecular weight excluding hydrogens is 312 g/mol. The Kier molecular flexibility index (Phi) is 7.07. The summed E-state index contributed by atoms with van der Waals surface area (Å²) in [5.41, 5.74) is 0. The Bertz CT molecular complexity index is 357. The zero-order valence-electron chi connectivity index (χ0n) is 15.4. The summed E-state index contributed by atoms with van der Waals surface area (Å²) in [6, 6.07) is 1.01. The minimum atomic E-state index is -2.40. The Labute approximate surface area is 142 Å². The predicted molar refractivity (Wildman–Crippen MR) is 91.7 cm³/mol. The molecule has 0 aromatic rings. The summed E-state index contributed by atoms with van der Waals surface area (Å²) in [5.74, 6) is 0.832. The first kappa shape index (κ1) is 19.3. The van der Waals surface area contributed by atoms with Crippen LogP contribution in [-0.2, 0) is 23.1 Å². The first-order valence-corrected chi connectivity index (χ1v) is 10.9. The molecule has 6 heteroatoms. The molecule has 2 aliphatic heterocycles. The van der Waals surface area contributed by atoms with E-state index in [2.05, 4.69) is 13.8 Å². The average Bonchev–Trinajstić information content (AvgIpc) is 3.37. The van der Waals surface area contributed by atoms with Gasteiger partial charge in [-0.05, 0) is 37.1 Å². The maximum atomic E-state index is 6.21. The molecule has 2 aliphatic rings. The van der Waals surface area contributed by atoms with E-state index in [1.54, 1.807) is 14.2 Å². The molecular formula is C17H34O5Si. The van der Waals surface area contributed by atoms with Crippen molar-refractivity contribution in [3.8, 4) is 0 Å². The van der Waals surface area contributed by atoms with Crippen molar-refractivity contribution in [1.29, 1.82) is 0 Å². The van der Waals surface area contributed by atoms with Crippen molar-refractivity contribution in [3.05, 3.63) is 0 Å². The number of hydrogen-bond acceptors (Lipinski definition) is 5. The molecule has 0 aliphatic carbocycles. The third-order valence-corrected chi connectivity index (χ3v) is 10.4. The molecule has 2 saturated heterocycles. The smallest absolute Gasteiger partial charge is 0.371 e. The summed E-state index contributed by atoms with van der Waals surface area (Å²) in [5, 5.41) is -0.283. The zero-order valence-corrected chi connectivity index (χ0v) is 16.4. The summed E-state index contributed by atoms with van der Waals surface area (Å²) in [7, 11) is 3.03. The fraction of sp³-hybridized carbons (Fsp3) is 1.00. The normalized spacial score (nSPS) is 33.1. The highest BCUT2D eigenvalue weighted by Crippen LogP contribution is 2.49. The van der Waals surface area contributed by atoms with Gasteiger partial charge in [0.1, 0.15) is 11.3 Å². The summed E-state index contributed by atoms with van der Waals surface area (Å²) in [6.45, 7) is 6.87. The Morgan fingerprint density at radius 1 is 1.22 bits per heavy atom. The van der Waals surface area contributed by atoms with Gasteiger partial charge in [-0.25, -0.2) is 0 Å². The molecule has 0 aromatic heterocycles. The van der Waals surface area contributed by atoms with Crippen LogP contribution in [0.25, 0.3) is 0 Å². The zero-order chi connectivity index (χ0) is 16.9. The lowest BCUT2D eigenvalue weighted by atomic mass is 9.84. The second kappa shape index (κ2) is 8.40. The van der Waals surface area contributed by atoms with E-state index >= 15 is 0 Å². The molecule has 3 unspecified atom stereocenters. The van der Waals surface area contributed by atoms with Crippen molar-refractivity contribution in [2.45, 2.75) is 56.9 Å². The van der Waals surface area contributed by atoms with Gasteiger partial charge in [0.2, 0.25) is 0 Å². The molecule has 136 valence electrons. The highest BCUT2D eigenvalue weighted by molar-refractivity contribution is 6.70. The van der Waals surface area contributed by atoms with Crippen molar-refractivity contribution < 1.29 is 23.1 Å². The first-order valence-electron chi connectivity index (χ1n) is 8.91. The lowest BCUT2D eigenvalue weighted by molar-refractivity contribution is -0.0816. The largest absolute Gasteiger partial charge is 0.396 e. The van der Waals surface area contributed by atoms with Crippen LogP contribution in [-0.4, -0.2) is 61.0 Å². The lowest BCUT2D eigenvalue weighted by Crippen LogP contribution is -2.70. The van der Waals surface area contributed by atoms with Gasteiger partial charge in [0, 0.05) is 27.9 Å². The molecule has 3 atom stereocenters. The SMILES string of the molecule is COC1(C(C)C)C(CCCOCC2CO2)CCC[Si]1(OC)OC. The number of methoxy groups -OCH3 is 1. The van der Waals surface area contributed by atoms with Crippen LogP contribution < -0.4 is 0 Å². The molecule has 2 heterocycles. The maximum Gasteiger partial charge on any atom is 0.371 e. The van der Waals surface area contributed by atoms with Gasteiger partial charge in [-0.3, -0.25) is 0 Å². The van der Waals surface area contributed by atoms with Crippen LogP contribution in [0.4, 0.5) is 0 Å². The van der Waals surface area contributed by atoms with Gasteiger partial charge < -0.3 is 23.1 Å². The molecule has 0 spiro atoms. The van der Waals surface area contributed by atoms with Crippen molar-refractivity contribution in [1.82, 2.24) is 0 Å². The number of ether oxygens (including phenoxy) is 3. The molecule has 0 N–H and O–H groups in total. The minimum Gasteiger partial charge on any atom is -0.396 e. The second-order valence-electron chi connectivity index (χ2n) is 7.07. The lowest BCUT2D eigenvalue weighted by Gasteiger charge is -2.54. The topological polar surface area (TPSA) is 49.5 Å². The minimum absolute atomic E-state index is 0.283. The Morgan fingerprint density at radius 2 is 1.91 bits per heavy atom. The standard InChI is InChI=1S/C17H34O5Si/c1-14(2)17(18-3)15(8-6-10-21-12-16-13-22-16)9-7-11-23(17,19-4)20-5/h14-16H,6-13H2,1-5H3. The van der Waals surface area contributed by atoms with Crippen LogP contribution in [0.3, 0.4) is 0 Å². The molecule has 5 nitrogen and oxygen atoms in total. The molecule has 23 heavy (non-hydrogen) atoms. The van der Waals surface area contributed by atoms with Gasteiger partial charge >= 0.3 is 8.56 Å². The molecule has 0 aromatic carbocycles. The van der Waals surface area contributed by atoms with E-state index in [0.29, 0.717) is 17.9 Å². The van der Waals surface area contributed by atoms with Gasteiger partial charge in [0.25, 0.3) is 0 Å². The van der Waals surface area contributed by atoms with Crippen LogP contribution in [0.5, 0.6) is 0 Å². The second-order valence-corrected chi connectivity index (χ2v) is 10.7. The van der Waals surface area contributed by atoms with Gasteiger partial charge in [0.15, 0.2) is 0 Å². The Balaban J connectivity index is 2.01. The number of epoxide rings is 1. The van der Waals surface area contributed by atoms with Crippen LogP contribution in [0.15, 0.2) is 0 Å². The third kappa shape index (κ3) is 3.83. The molecule has 2 fully saturated rings. The molecule has 0 amide bonds. The molecule has 2 rings (SSSR count). The van der Waals surface area contributed by atoms with Crippen molar-refractivity contribution in [2.24, 2.45) is 11.8 Å². The van der Waals surface area contributed by atoms with Crippen LogP contribution >= 0.6 is 0 Å². The van der Waals surface area contributed by atoms with Crippen molar-refractivity contribution >= 4 is 8.56 Å². The van der Waals surface area contributed by atoms with E-state index in [9.17, 15) is 0 Å². The summed E-state index contributed by atoms with van der Waals surface area (Å²) in [6.07, 6.45) is 4.83. The maximum absolute atomic E-state index is 6.21. The Hall–Kier alpha value is 0.0169. The van der Waals surface area contributed by atoms with Crippen LogP contribution in [0.2, 0.25) is 6.04 Å². The molecule has 0 bridgehead atoms. The highest BCUT2D eigenvalue weighted by atomic mass is 28.4. The first-order chi connectivity index (χ1) is 11.1. The third-order valence-electron chi connectivity index (χ3n) is 5.66. The van der Waals surface area contributed by atoms with E-state index in [-0.39, 0.29) is 5.22 Å². The molecule has 0 radical (unpaired) electrons. The quantitative estimate of drug-likeness (QED) is 0.346. The van der Waals surface area contributed by atoms with E-state index in [1.807, 2.05) is 7.11 Å². The number of hydrogen-bond donors (Lipinski definition) is 0. The monoisotopic (exact) mass is 346 g/mol. The summed E-state index contributed by atoms with van der Waals surface area (Å²) >= 11 is 0. The summed E-state index contributed by atoms with van der Waals surface area (Å²) in [4.78, 5) is 0. The van der Waals surface area contributed by atoms with Crippen molar-refractivity contribution in [2.75, 3.05) is 41.2 Å². The van der Waals surface area contributed by atoms with E-state index in [4.69, 9.17) is 23.1 Å². The fourth-order valence-electron chi connectivity index (χ4n) is 4.55. The number of rotatable bonds is 10. The Morgan fingerprint density at radius 3 is 2.43 bits per heavy atom. The van der Waals surface area contributed by atoms with Gasteiger partial charge in [-0.1, -0.05) is 20.3 Å².